The fraction of sp³-hybridized carbons (Fsp3) is 0.538. The molecule has 90 valence electrons. The molecule has 3 heteroatoms. The van der Waals surface area contributed by atoms with Crippen molar-refractivity contribution in [2.75, 3.05) is 7.05 Å². The van der Waals surface area contributed by atoms with Gasteiger partial charge in [0.25, 0.3) is 0 Å². The van der Waals surface area contributed by atoms with Gasteiger partial charge in [0.05, 0.1) is 0 Å². The van der Waals surface area contributed by atoms with Gasteiger partial charge in [0.15, 0.2) is 0 Å². The van der Waals surface area contributed by atoms with E-state index in [1.807, 2.05) is 7.05 Å². The first kappa shape index (κ1) is 13.5. The normalized spacial score (nSPS) is 14.8. The maximum absolute atomic E-state index is 12.9. The minimum absolute atomic E-state index is 0.273. The first-order valence-electron chi connectivity index (χ1n) is 5.64. The maximum Gasteiger partial charge on any atom is 0.124 e. The Hall–Kier alpha value is -0.600. The molecule has 1 nitrogen and oxygen atoms in total. The van der Waals surface area contributed by atoms with Crippen molar-refractivity contribution in [3.8, 4) is 0 Å². The van der Waals surface area contributed by atoms with Crippen molar-refractivity contribution in [2.24, 2.45) is 5.92 Å². The lowest BCUT2D eigenvalue weighted by atomic mass is 9.95. The molecule has 1 N–H and O–H groups in total. The molecule has 0 aromatic heterocycles. The van der Waals surface area contributed by atoms with Crippen molar-refractivity contribution < 1.29 is 4.39 Å². The average molecular weight is 244 g/mol. The Bertz CT molecular complexity index is 341. The lowest BCUT2D eigenvalue weighted by molar-refractivity contribution is 0.440. The topological polar surface area (TPSA) is 12.0 Å². The van der Waals surface area contributed by atoms with Crippen LogP contribution in [0.5, 0.6) is 0 Å². The first-order chi connectivity index (χ1) is 7.52. The largest absolute Gasteiger partial charge is 0.317 e. The summed E-state index contributed by atoms with van der Waals surface area (Å²) in [6.07, 6.45) is 1.98. The first-order valence-corrected chi connectivity index (χ1v) is 6.02. The summed E-state index contributed by atoms with van der Waals surface area (Å²) < 4.78 is 12.9. The Balaban J connectivity index is 2.59. The van der Waals surface area contributed by atoms with E-state index in [1.165, 1.54) is 12.1 Å². The minimum Gasteiger partial charge on any atom is -0.317 e. The summed E-state index contributed by atoms with van der Waals surface area (Å²) in [6.45, 7) is 4.34. The molecule has 1 aromatic carbocycles. The summed E-state index contributed by atoms with van der Waals surface area (Å²) in [6, 6.07) is 5.12. The molecule has 0 bridgehead atoms. The molecule has 0 aliphatic carbocycles. The summed E-state index contributed by atoms with van der Waals surface area (Å²) >= 11 is 5.99. The van der Waals surface area contributed by atoms with E-state index in [2.05, 4.69) is 19.2 Å². The third-order valence-corrected chi connectivity index (χ3v) is 3.18. The lowest BCUT2D eigenvalue weighted by Crippen LogP contribution is -2.24. The third-order valence-electron chi connectivity index (χ3n) is 2.83. The minimum atomic E-state index is -0.273. The van der Waals surface area contributed by atoms with Gasteiger partial charge in [0.1, 0.15) is 5.82 Å². The van der Waals surface area contributed by atoms with Crippen LogP contribution in [-0.2, 0) is 6.42 Å². The highest BCUT2D eigenvalue weighted by Crippen LogP contribution is 2.22. The molecule has 1 aromatic rings. The van der Waals surface area contributed by atoms with Crippen LogP contribution in [0, 0.1) is 11.7 Å². The zero-order chi connectivity index (χ0) is 12.1. The predicted octanol–water partition coefficient (Wildman–Crippen LogP) is 3.66. The van der Waals surface area contributed by atoms with Gasteiger partial charge in [0.2, 0.25) is 0 Å². The second-order valence-corrected chi connectivity index (χ2v) is 4.88. The quantitative estimate of drug-likeness (QED) is 0.832. The van der Waals surface area contributed by atoms with E-state index in [0.717, 1.165) is 18.4 Å². The number of hydrogen-bond donors (Lipinski definition) is 1. The van der Waals surface area contributed by atoms with Gasteiger partial charge < -0.3 is 5.32 Å². The molecule has 16 heavy (non-hydrogen) atoms. The summed E-state index contributed by atoms with van der Waals surface area (Å²) in [5, 5.41) is 3.74. The van der Waals surface area contributed by atoms with Crippen LogP contribution in [0.25, 0.3) is 0 Å². The number of benzene rings is 1. The van der Waals surface area contributed by atoms with E-state index in [0.29, 0.717) is 17.0 Å². The van der Waals surface area contributed by atoms with Crippen molar-refractivity contribution in [1.82, 2.24) is 5.32 Å². The van der Waals surface area contributed by atoms with E-state index in [9.17, 15) is 4.39 Å². The second kappa shape index (κ2) is 6.21. The Kier molecular flexibility index (Phi) is 5.23. The summed E-state index contributed by atoms with van der Waals surface area (Å²) in [4.78, 5) is 0. The van der Waals surface area contributed by atoms with Crippen LogP contribution in [0.1, 0.15) is 25.8 Å². The van der Waals surface area contributed by atoms with Crippen LogP contribution < -0.4 is 5.32 Å². The second-order valence-electron chi connectivity index (χ2n) is 4.47. The Morgan fingerprint density at radius 3 is 2.62 bits per heavy atom. The van der Waals surface area contributed by atoms with Crippen LogP contribution in [0.3, 0.4) is 0 Å². The fourth-order valence-corrected chi connectivity index (χ4v) is 2.11. The van der Waals surface area contributed by atoms with E-state index >= 15 is 0 Å². The zero-order valence-electron chi connectivity index (χ0n) is 10.1. The Morgan fingerprint density at radius 1 is 1.38 bits per heavy atom. The molecule has 0 fully saturated rings. The van der Waals surface area contributed by atoms with Crippen LogP contribution in [0.15, 0.2) is 18.2 Å². The van der Waals surface area contributed by atoms with Gasteiger partial charge in [-0.05, 0) is 50.4 Å². The highest BCUT2D eigenvalue weighted by molar-refractivity contribution is 6.31. The number of rotatable bonds is 5. The SMILES string of the molecule is CNC(C)CC(C)Cc1ccc(F)cc1Cl. The molecule has 0 saturated carbocycles. The number of halogens is 2. The van der Waals surface area contributed by atoms with Gasteiger partial charge in [-0.25, -0.2) is 4.39 Å². The molecule has 0 heterocycles. The smallest absolute Gasteiger partial charge is 0.124 e. The fourth-order valence-electron chi connectivity index (χ4n) is 1.87. The van der Waals surface area contributed by atoms with Crippen molar-refractivity contribution in [3.05, 3.63) is 34.6 Å². The van der Waals surface area contributed by atoms with Crippen molar-refractivity contribution in [1.29, 1.82) is 0 Å². The molecule has 0 amide bonds. The summed E-state index contributed by atoms with van der Waals surface area (Å²) in [7, 11) is 1.96. The molecule has 0 saturated heterocycles. The van der Waals surface area contributed by atoms with E-state index in [4.69, 9.17) is 11.6 Å². The van der Waals surface area contributed by atoms with Crippen LogP contribution in [0.2, 0.25) is 5.02 Å². The number of nitrogens with one attached hydrogen (secondary N) is 1. The molecular formula is C13H19ClFN. The van der Waals surface area contributed by atoms with Crippen LogP contribution >= 0.6 is 11.6 Å². The monoisotopic (exact) mass is 243 g/mol. The summed E-state index contributed by atoms with van der Waals surface area (Å²) in [5.74, 6) is 0.260. The highest BCUT2D eigenvalue weighted by Gasteiger charge is 2.10. The van der Waals surface area contributed by atoms with Gasteiger partial charge in [-0.2, -0.15) is 0 Å². The van der Waals surface area contributed by atoms with Gasteiger partial charge in [-0.3, -0.25) is 0 Å². The average Bonchev–Trinajstić information content (AvgIpc) is 2.22. The number of hydrogen-bond acceptors (Lipinski definition) is 1. The predicted molar refractivity (Wildman–Crippen MR) is 67.4 cm³/mol. The van der Waals surface area contributed by atoms with Gasteiger partial charge in [0, 0.05) is 11.1 Å². The van der Waals surface area contributed by atoms with Crippen LogP contribution in [-0.4, -0.2) is 13.1 Å². The van der Waals surface area contributed by atoms with Gasteiger partial charge in [-0.15, -0.1) is 0 Å². The molecule has 2 unspecified atom stereocenters. The van der Waals surface area contributed by atoms with E-state index in [1.54, 1.807) is 6.07 Å². The zero-order valence-corrected chi connectivity index (χ0v) is 10.8. The van der Waals surface area contributed by atoms with Gasteiger partial charge >= 0.3 is 0 Å². The highest BCUT2D eigenvalue weighted by atomic mass is 35.5. The van der Waals surface area contributed by atoms with E-state index in [-0.39, 0.29) is 5.82 Å². The maximum atomic E-state index is 12.9. The molecule has 0 radical (unpaired) electrons. The molecule has 2 atom stereocenters. The van der Waals surface area contributed by atoms with Crippen molar-refractivity contribution in [3.63, 3.8) is 0 Å². The molecule has 0 aliphatic rings. The van der Waals surface area contributed by atoms with Gasteiger partial charge in [-0.1, -0.05) is 24.6 Å². The lowest BCUT2D eigenvalue weighted by Gasteiger charge is -2.17. The molecular weight excluding hydrogens is 225 g/mol. The Labute approximate surface area is 102 Å². The van der Waals surface area contributed by atoms with Crippen molar-refractivity contribution >= 4 is 11.6 Å². The molecule has 1 rings (SSSR count). The molecule has 0 spiro atoms. The van der Waals surface area contributed by atoms with Crippen molar-refractivity contribution in [2.45, 2.75) is 32.7 Å². The summed E-state index contributed by atoms with van der Waals surface area (Å²) in [5.41, 5.74) is 1.03. The van der Waals surface area contributed by atoms with Crippen LogP contribution in [0.4, 0.5) is 4.39 Å². The molecule has 0 aliphatic heterocycles. The van der Waals surface area contributed by atoms with E-state index < -0.39 is 0 Å². The Morgan fingerprint density at radius 2 is 2.06 bits per heavy atom. The third kappa shape index (κ3) is 4.11. The standard InChI is InChI=1S/C13H19ClFN/c1-9(6-10(2)16-3)7-11-4-5-12(15)8-13(11)14/h4-5,8-10,16H,6-7H2,1-3H3.